The van der Waals surface area contributed by atoms with E-state index in [-0.39, 0.29) is 18.6 Å². The highest BCUT2D eigenvalue weighted by molar-refractivity contribution is 9.10. The van der Waals surface area contributed by atoms with Crippen LogP contribution in [-0.2, 0) is 16.1 Å². The predicted molar refractivity (Wildman–Crippen MR) is 108 cm³/mol. The van der Waals surface area contributed by atoms with E-state index < -0.39 is 5.97 Å². The summed E-state index contributed by atoms with van der Waals surface area (Å²) in [5.74, 6) is 0.794. The number of nitrogens with zero attached hydrogens (tertiary/aromatic N) is 1. The molecule has 0 saturated heterocycles. The molecule has 0 aliphatic heterocycles. The number of benzene rings is 2. The minimum absolute atomic E-state index is 0.0666. The van der Waals surface area contributed by atoms with Crippen molar-refractivity contribution in [3.05, 3.63) is 58.1 Å². The highest BCUT2D eigenvalue weighted by Crippen LogP contribution is 2.30. The Morgan fingerprint density at radius 3 is 2.39 bits per heavy atom. The monoisotopic (exact) mass is 447 g/mol. The summed E-state index contributed by atoms with van der Waals surface area (Å²) in [5, 5.41) is 0. The number of carbonyl (C=O) groups is 2. The van der Waals surface area contributed by atoms with Gasteiger partial charge in [0.05, 0.1) is 24.3 Å². The summed E-state index contributed by atoms with van der Waals surface area (Å²) in [6, 6.07) is 12.8. The summed E-state index contributed by atoms with van der Waals surface area (Å²) in [7, 11) is 2.96. The van der Waals surface area contributed by atoms with Crippen LogP contribution >= 0.6 is 15.9 Å². The first kappa shape index (κ1) is 20.2. The molecule has 1 amide bonds. The van der Waals surface area contributed by atoms with E-state index in [0.29, 0.717) is 22.3 Å². The summed E-state index contributed by atoms with van der Waals surface area (Å²) < 4.78 is 16.2. The maximum atomic E-state index is 12.7. The first-order valence-electron chi connectivity index (χ1n) is 8.95. The van der Waals surface area contributed by atoms with E-state index in [1.54, 1.807) is 25.3 Å². The van der Waals surface area contributed by atoms with Gasteiger partial charge >= 0.3 is 5.97 Å². The van der Waals surface area contributed by atoms with Crippen molar-refractivity contribution in [2.24, 2.45) is 0 Å². The Labute approximate surface area is 172 Å². The number of esters is 1. The Morgan fingerprint density at radius 1 is 1.11 bits per heavy atom. The third-order valence-corrected chi connectivity index (χ3v) is 5.14. The molecule has 2 aromatic rings. The molecule has 0 aromatic heterocycles. The van der Waals surface area contributed by atoms with Gasteiger partial charge in [0.2, 0.25) is 0 Å². The van der Waals surface area contributed by atoms with E-state index in [1.807, 2.05) is 29.2 Å². The Bertz CT molecular complexity index is 848. The average Bonchev–Trinajstić information content (AvgIpc) is 3.55. The topological polar surface area (TPSA) is 65.1 Å². The number of halogens is 1. The van der Waals surface area contributed by atoms with Crippen molar-refractivity contribution in [2.45, 2.75) is 25.4 Å². The van der Waals surface area contributed by atoms with E-state index in [4.69, 9.17) is 14.2 Å². The van der Waals surface area contributed by atoms with Gasteiger partial charge in [0.1, 0.15) is 11.5 Å². The van der Waals surface area contributed by atoms with Crippen LogP contribution in [0.1, 0.15) is 28.8 Å². The molecule has 7 heteroatoms. The molecule has 1 fully saturated rings. The van der Waals surface area contributed by atoms with Gasteiger partial charge in [-0.1, -0.05) is 12.1 Å². The van der Waals surface area contributed by atoms with Crippen molar-refractivity contribution in [3.63, 3.8) is 0 Å². The quantitative estimate of drug-likeness (QED) is 0.575. The summed E-state index contributed by atoms with van der Waals surface area (Å²) in [6.45, 7) is 0.474. The van der Waals surface area contributed by atoms with E-state index in [1.165, 1.54) is 7.11 Å². The van der Waals surface area contributed by atoms with Crippen LogP contribution in [-0.4, -0.2) is 43.6 Å². The molecule has 0 radical (unpaired) electrons. The fourth-order valence-electron chi connectivity index (χ4n) is 2.82. The first-order valence-corrected chi connectivity index (χ1v) is 9.74. The predicted octanol–water partition coefficient (Wildman–Crippen LogP) is 3.81. The maximum Gasteiger partial charge on any atom is 0.337 e. The summed E-state index contributed by atoms with van der Waals surface area (Å²) >= 11 is 3.37. The largest absolute Gasteiger partial charge is 0.497 e. The van der Waals surface area contributed by atoms with Gasteiger partial charge in [-0.2, -0.15) is 0 Å². The van der Waals surface area contributed by atoms with Crippen LogP contribution in [0.2, 0.25) is 0 Å². The smallest absolute Gasteiger partial charge is 0.337 e. The molecule has 0 unspecified atom stereocenters. The summed E-state index contributed by atoms with van der Waals surface area (Å²) in [6.07, 6.45) is 2.03. The van der Waals surface area contributed by atoms with Crippen molar-refractivity contribution in [2.75, 3.05) is 20.8 Å². The van der Waals surface area contributed by atoms with Gasteiger partial charge in [0.25, 0.3) is 5.91 Å². The molecule has 6 nitrogen and oxygen atoms in total. The summed E-state index contributed by atoms with van der Waals surface area (Å²) in [5.41, 5.74) is 1.46. The van der Waals surface area contributed by atoms with Gasteiger partial charge in [-0.05, 0) is 64.7 Å². The normalized spacial score (nSPS) is 13.0. The average molecular weight is 448 g/mol. The third kappa shape index (κ3) is 5.04. The van der Waals surface area contributed by atoms with Crippen LogP contribution in [0.5, 0.6) is 11.5 Å². The zero-order chi connectivity index (χ0) is 20.1. The lowest BCUT2D eigenvalue weighted by molar-refractivity contribution is -0.134. The molecule has 3 rings (SSSR count). The number of rotatable bonds is 8. The number of amides is 1. The Balaban J connectivity index is 1.62. The molecule has 1 aliphatic rings. The van der Waals surface area contributed by atoms with Crippen molar-refractivity contribution >= 4 is 27.8 Å². The van der Waals surface area contributed by atoms with Crippen molar-refractivity contribution in [3.8, 4) is 11.5 Å². The Kier molecular flexibility index (Phi) is 6.57. The SMILES string of the molecule is COC(=O)c1ccc(OCC(=O)N(Cc2ccc(OC)cc2)C2CC2)c(Br)c1. The second-order valence-electron chi connectivity index (χ2n) is 6.53. The third-order valence-electron chi connectivity index (χ3n) is 4.52. The van der Waals surface area contributed by atoms with Crippen LogP contribution in [0.15, 0.2) is 46.9 Å². The highest BCUT2D eigenvalue weighted by Gasteiger charge is 2.32. The maximum absolute atomic E-state index is 12.7. The lowest BCUT2D eigenvalue weighted by Gasteiger charge is -2.23. The lowest BCUT2D eigenvalue weighted by atomic mass is 10.2. The number of methoxy groups -OCH3 is 2. The lowest BCUT2D eigenvalue weighted by Crippen LogP contribution is -2.36. The second kappa shape index (κ2) is 9.10. The molecule has 0 N–H and O–H groups in total. The molecule has 0 spiro atoms. The van der Waals surface area contributed by atoms with Gasteiger partial charge in [0, 0.05) is 12.6 Å². The first-order chi connectivity index (χ1) is 13.5. The molecule has 0 atom stereocenters. The Morgan fingerprint density at radius 2 is 1.82 bits per heavy atom. The van der Waals surface area contributed by atoms with Gasteiger partial charge in [-0.3, -0.25) is 4.79 Å². The number of carbonyl (C=O) groups excluding carboxylic acids is 2. The summed E-state index contributed by atoms with van der Waals surface area (Å²) in [4.78, 5) is 26.2. The van der Waals surface area contributed by atoms with Crippen LogP contribution in [0.3, 0.4) is 0 Å². The molecule has 1 saturated carbocycles. The van der Waals surface area contributed by atoms with Gasteiger partial charge in [0.15, 0.2) is 6.61 Å². The van der Waals surface area contributed by atoms with Gasteiger partial charge in [-0.25, -0.2) is 4.79 Å². The van der Waals surface area contributed by atoms with Crippen molar-refractivity contribution in [1.29, 1.82) is 0 Å². The minimum atomic E-state index is -0.428. The zero-order valence-electron chi connectivity index (χ0n) is 15.8. The number of hydrogen-bond acceptors (Lipinski definition) is 5. The minimum Gasteiger partial charge on any atom is -0.497 e. The fraction of sp³-hybridized carbons (Fsp3) is 0.333. The van der Waals surface area contributed by atoms with Gasteiger partial charge < -0.3 is 19.1 Å². The van der Waals surface area contributed by atoms with E-state index in [0.717, 1.165) is 24.2 Å². The zero-order valence-corrected chi connectivity index (χ0v) is 17.4. The highest BCUT2D eigenvalue weighted by atomic mass is 79.9. The fourth-order valence-corrected chi connectivity index (χ4v) is 3.31. The molecule has 28 heavy (non-hydrogen) atoms. The van der Waals surface area contributed by atoms with Gasteiger partial charge in [-0.15, -0.1) is 0 Å². The van der Waals surface area contributed by atoms with E-state index in [2.05, 4.69) is 15.9 Å². The van der Waals surface area contributed by atoms with Crippen LogP contribution in [0.4, 0.5) is 0 Å². The molecule has 0 bridgehead atoms. The standard InChI is InChI=1S/C21H22BrNO5/c1-26-17-8-3-14(4-9-17)12-23(16-6-7-16)20(24)13-28-19-10-5-15(11-18(19)22)21(25)27-2/h3-5,8-11,16H,6-7,12-13H2,1-2H3. The molecular formula is C21H22BrNO5. The molecule has 0 heterocycles. The van der Waals surface area contributed by atoms with Crippen LogP contribution < -0.4 is 9.47 Å². The van der Waals surface area contributed by atoms with Crippen molar-refractivity contribution < 1.29 is 23.8 Å². The van der Waals surface area contributed by atoms with E-state index in [9.17, 15) is 9.59 Å². The number of ether oxygens (including phenoxy) is 3. The molecule has 2 aromatic carbocycles. The Hall–Kier alpha value is -2.54. The van der Waals surface area contributed by atoms with Crippen LogP contribution in [0, 0.1) is 0 Å². The molecular weight excluding hydrogens is 426 g/mol. The molecule has 1 aliphatic carbocycles. The van der Waals surface area contributed by atoms with Crippen molar-refractivity contribution in [1.82, 2.24) is 4.90 Å². The van der Waals surface area contributed by atoms with E-state index >= 15 is 0 Å². The second-order valence-corrected chi connectivity index (χ2v) is 7.38. The molecule has 148 valence electrons. The number of hydrogen-bond donors (Lipinski definition) is 0. The van der Waals surface area contributed by atoms with Crippen LogP contribution in [0.25, 0.3) is 0 Å².